The monoisotopic (exact) mass is 329 g/mol. The number of ether oxygens (including phenoxy) is 1. The number of carboxylic acid groups (broad SMARTS) is 1. The van der Waals surface area contributed by atoms with Crippen molar-refractivity contribution in [3.05, 3.63) is 47.8 Å². The largest absolute Gasteiger partial charge is 0.481 e. The highest BCUT2D eigenvalue weighted by Crippen LogP contribution is 2.22. The molecule has 1 atom stereocenters. The number of nitrogens with zero attached hydrogens (tertiary/aromatic N) is 3. The topological polar surface area (TPSA) is 84.7 Å². The van der Waals surface area contributed by atoms with Gasteiger partial charge in [-0.1, -0.05) is 18.2 Å². The predicted molar refractivity (Wildman–Crippen MR) is 85.9 cm³/mol. The minimum atomic E-state index is -0.859. The molecule has 1 saturated heterocycles. The van der Waals surface area contributed by atoms with Gasteiger partial charge >= 0.3 is 5.97 Å². The van der Waals surface area contributed by atoms with Gasteiger partial charge in [0.1, 0.15) is 0 Å². The Balaban J connectivity index is 1.90. The normalized spacial score (nSPS) is 17.2. The first-order chi connectivity index (χ1) is 11.6. The average Bonchev–Trinajstić information content (AvgIpc) is 3.23. The molecule has 126 valence electrons. The summed E-state index contributed by atoms with van der Waals surface area (Å²) >= 11 is 0. The zero-order chi connectivity index (χ0) is 17.1. The SMILES string of the molecule is COCc1c(C(=O)N2CCC(C(=O)O)C2)cnn1-c1ccccc1. The van der Waals surface area contributed by atoms with Crippen LogP contribution in [0.15, 0.2) is 36.5 Å². The molecule has 1 aromatic carbocycles. The molecule has 0 radical (unpaired) electrons. The quantitative estimate of drug-likeness (QED) is 0.900. The molecule has 0 saturated carbocycles. The lowest BCUT2D eigenvalue weighted by Crippen LogP contribution is -2.30. The lowest BCUT2D eigenvalue weighted by molar-refractivity contribution is -0.141. The highest BCUT2D eigenvalue weighted by Gasteiger charge is 2.33. The van der Waals surface area contributed by atoms with Crippen molar-refractivity contribution in [3.63, 3.8) is 0 Å². The summed E-state index contributed by atoms with van der Waals surface area (Å²) in [6, 6.07) is 9.50. The predicted octanol–water partition coefficient (Wildman–Crippen LogP) is 1.57. The van der Waals surface area contributed by atoms with Crippen LogP contribution >= 0.6 is 0 Å². The minimum absolute atomic E-state index is 0.201. The Morgan fingerprint density at radius 3 is 2.71 bits per heavy atom. The van der Waals surface area contributed by atoms with Crippen LogP contribution in [-0.4, -0.2) is 51.9 Å². The molecule has 1 N–H and O–H groups in total. The van der Waals surface area contributed by atoms with Gasteiger partial charge < -0.3 is 14.7 Å². The Kier molecular flexibility index (Phi) is 4.61. The first-order valence-corrected chi connectivity index (χ1v) is 7.75. The van der Waals surface area contributed by atoms with E-state index in [9.17, 15) is 9.59 Å². The van der Waals surface area contributed by atoms with Gasteiger partial charge in [0, 0.05) is 20.2 Å². The Labute approximate surface area is 139 Å². The van der Waals surface area contributed by atoms with Crippen LogP contribution in [0, 0.1) is 5.92 Å². The van der Waals surface area contributed by atoms with Gasteiger partial charge in [0.15, 0.2) is 0 Å². The number of para-hydroxylation sites is 1. The molecule has 1 aromatic heterocycles. The number of rotatable bonds is 5. The maximum atomic E-state index is 12.8. The van der Waals surface area contributed by atoms with Crippen molar-refractivity contribution in [2.24, 2.45) is 5.92 Å². The Morgan fingerprint density at radius 1 is 1.33 bits per heavy atom. The van der Waals surface area contributed by atoms with Crippen LogP contribution in [0.4, 0.5) is 0 Å². The van der Waals surface area contributed by atoms with E-state index in [0.717, 1.165) is 5.69 Å². The van der Waals surface area contributed by atoms with Gasteiger partial charge in [-0.05, 0) is 18.6 Å². The van der Waals surface area contributed by atoms with Crippen LogP contribution in [0.25, 0.3) is 5.69 Å². The van der Waals surface area contributed by atoms with Crippen molar-refractivity contribution in [1.29, 1.82) is 0 Å². The van der Waals surface area contributed by atoms with Gasteiger partial charge in [-0.25, -0.2) is 4.68 Å². The molecule has 7 nitrogen and oxygen atoms in total. The molecule has 1 aliphatic heterocycles. The second-order valence-corrected chi connectivity index (χ2v) is 5.76. The zero-order valence-electron chi connectivity index (χ0n) is 13.4. The fourth-order valence-electron chi connectivity index (χ4n) is 2.94. The van der Waals surface area contributed by atoms with E-state index in [1.165, 1.54) is 6.20 Å². The molecule has 2 aromatic rings. The van der Waals surface area contributed by atoms with E-state index in [0.29, 0.717) is 24.2 Å². The molecule has 0 bridgehead atoms. The van der Waals surface area contributed by atoms with Crippen LogP contribution in [0.1, 0.15) is 22.5 Å². The van der Waals surface area contributed by atoms with E-state index in [1.54, 1.807) is 16.7 Å². The smallest absolute Gasteiger partial charge is 0.308 e. The summed E-state index contributed by atoms with van der Waals surface area (Å²) in [6.45, 7) is 0.919. The minimum Gasteiger partial charge on any atom is -0.481 e. The van der Waals surface area contributed by atoms with Crippen molar-refractivity contribution in [3.8, 4) is 5.69 Å². The van der Waals surface area contributed by atoms with Crippen LogP contribution in [0.3, 0.4) is 0 Å². The summed E-state index contributed by atoms with van der Waals surface area (Å²) < 4.78 is 6.92. The van der Waals surface area contributed by atoms with Crippen molar-refractivity contribution in [1.82, 2.24) is 14.7 Å². The second-order valence-electron chi connectivity index (χ2n) is 5.76. The van der Waals surface area contributed by atoms with E-state index in [-0.39, 0.29) is 19.1 Å². The number of aliphatic carboxylic acids is 1. The van der Waals surface area contributed by atoms with Crippen molar-refractivity contribution in [2.75, 3.05) is 20.2 Å². The van der Waals surface area contributed by atoms with Crippen LogP contribution in [0.2, 0.25) is 0 Å². The molecule has 1 fully saturated rings. The van der Waals surface area contributed by atoms with Crippen LogP contribution < -0.4 is 0 Å². The summed E-state index contributed by atoms with van der Waals surface area (Å²) in [7, 11) is 1.56. The molecule has 1 amide bonds. The summed E-state index contributed by atoms with van der Waals surface area (Å²) in [5.41, 5.74) is 1.95. The molecule has 1 aliphatic rings. The maximum absolute atomic E-state index is 12.8. The number of likely N-dealkylation sites (tertiary alicyclic amines) is 1. The maximum Gasteiger partial charge on any atom is 0.308 e. The van der Waals surface area contributed by atoms with E-state index in [1.807, 2.05) is 30.3 Å². The number of carbonyl (C=O) groups is 2. The molecular weight excluding hydrogens is 310 g/mol. The molecule has 24 heavy (non-hydrogen) atoms. The number of methoxy groups -OCH3 is 1. The highest BCUT2D eigenvalue weighted by atomic mass is 16.5. The van der Waals surface area contributed by atoms with Gasteiger partial charge in [-0.15, -0.1) is 0 Å². The molecule has 0 aliphatic carbocycles. The fraction of sp³-hybridized carbons (Fsp3) is 0.353. The van der Waals surface area contributed by atoms with Crippen molar-refractivity contribution >= 4 is 11.9 Å². The molecule has 7 heteroatoms. The van der Waals surface area contributed by atoms with Crippen LogP contribution in [0.5, 0.6) is 0 Å². The summed E-state index contributed by atoms with van der Waals surface area (Å²) in [5, 5.41) is 13.4. The number of hydrogen-bond acceptors (Lipinski definition) is 4. The number of hydrogen-bond donors (Lipinski definition) is 1. The third kappa shape index (κ3) is 3.03. The van der Waals surface area contributed by atoms with Gasteiger partial charge in [-0.2, -0.15) is 5.10 Å². The first-order valence-electron chi connectivity index (χ1n) is 7.75. The Hall–Kier alpha value is -2.67. The standard InChI is InChI=1S/C17H19N3O4/c1-24-11-15-14(9-18-20(15)13-5-3-2-4-6-13)16(21)19-8-7-12(10-19)17(22)23/h2-6,9,12H,7-8,10-11H2,1H3,(H,22,23). The number of amides is 1. The molecular formula is C17H19N3O4. The van der Waals surface area contributed by atoms with Crippen molar-refractivity contribution in [2.45, 2.75) is 13.0 Å². The molecule has 2 heterocycles. The lowest BCUT2D eigenvalue weighted by atomic mass is 10.1. The zero-order valence-corrected chi connectivity index (χ0v) is 13.4. The van der Waals surface area contributed by atoms with Gasteiger partial charge in [0.05, 0.1) is 35.7 Å². The number of carbonyl (C=O) groups excluding carboxylic acids is 1. The van der Waals surface area contributed by atoms with Crippen molar-refractivity contribution < 1.29 is 19.4 Å². The van der Waals surface area contributed by atoms with Crippen LogP contribution in [-0.2, 0) is 16.1 Å². The number of aromatic nitrogens is 2. The second kappa shape index (κ2) is 6.84. The van der Waals surface area contributed by atoms with Gasteiger partial charge in [0.25, 0.3) is 5.91 Å². The summed E-state index contributed by atoms with van der Waals surface area (Å²) in [5.74, 6) is -1.56. The first kappa shape index (κ1) is 16.2. The average molecular weight is 329 g/mol. The van der Waals surface area contributed by atoms with Gasteiger partial charge in [-0.3, -0.25) is 9.59 Å². The number of benzene rings is 1. The summed E-state index contributed by atoms with van der Waals surface area (Å²) in [4.78, 5) is 25.4. The Bertz CT molecular complexity index is 742. The third-order valence-electron chi connectivity index (χ3n) is 4.21. The van der Waals surface area contributed by atoms with E-state index in [2.05, 4.69) is 5.10 Å². The molecule has 1 unspecified atom stereocenters. The Morgan fingerprint density at radius 2 is 2.08 bits per heavy atom. The third-order valence-corrected chi connectivity index (χ3v) is 4.21. The fourth-order valence-corrected chi connectivity index (χ4v) is 2.94. The highest BCUT2D eigenvalue weighted by molar-refractivity contribution is 5.95. The van der Waals surface area contributed by atoms with E-state index >= 15 is 0 Å². The summed E-state index contributed by atoms with van der Waals surface area (Å²) in [6.07, 6.45) is 2.01. The molecule has 0 spiro atoms. The van der Waals surface area contributed by atoms with E-state index in [4.69, 9.17) is 9.84 Å². The van der Waals surface area contributed by atoms with E-state index < -0.39 is 11.9 Å². The lowest BCUT2D eigenvalue weighted by Gasteiger charge is -2.16. The van der Waals surface area contributed by atoms with Gasteiger partial charge in [0.2, 0.25) is 0 Å². The number of carboxylic acids is 1. The molecule has 3 rings (SSSR count).